The average Bonchev–Trinajstić information content (AvgIpc) is 2.66. The second-order valence-electron chi connectivity index (χ2n) is 5.73. The highest BCUT2D eigenvalue weighted by molar-refractivity contribution is 6.31. The zero-order chi connectivity index (χ0) is 18.4. The minimum Gasteiger partial charge on any atom is -0.507 e. The number of hydrogen-bond acceptors (Lipinski definition) is 3. The molecule has 3 aromatic rings. The van der Waals surface area contributed by atoms with Crippen molar-refractivity contribution in [3.63, 3.8) is 0 Å². The summed E-state index contributed by atoms with van der Waals surface area (Å²) >= 11 is 6.11. The standard InChI is InChI=1S/C22H19ClO3/c23-18-12-11-17(15-24)19(14-18)22-20(25)9-4-10-21(22)26-13-5-8-16-6-2-1-3-7-16/h1-12,14,24-25H,13,15H2. The molecule has 0 aromatic heterocycles. The quantitative estimate of drug-likeness (QED) is 0.622. The normalized spacial score (nSPS) is 11.0. The van der Waals surface area contributed by atoms with Gasteiger partial charge in [0, 0.05) is 5.02 Å². The molecule has 0 heterocycles. The fourth-order valence-electron chi connectivity index (χ4n) is 2.72. The summed E-state index contributed by atoms with van der Waals surface area (Å²) in [6.07, 6.45) is 3.88. The number of ether oxygens (including phenoxy) is 1. The van der Waals surface area contributed by atoms with Gasteiger partial charge in [0.25, 0.3) is 0 Å². The molecule has 0 spiro atoms. The molecule has 0 saturated carbocycles. The van der Waals surface area contributed by atoms with Crippen LogP contribution in [0, 0.1) is 0 Å². The van der Waals surface area contributed by atoms with Crippen LogP contribution in [0.3, 0.4) is 0 Å². The molecule has 0 bridgehead atoms. The maximum atomic E-state index is 10.4. The van der Waals surface area contributed by atoms with Crippen LogP contribution in [0.5, 0.6) is 11.5 Å². The van der Waals surface area contributed by atoms with E-state index in [4.69, 9.17) is 16.3 Å². The predicted molar refractivity (Wildman–Crippen MR) is 105 cm³/mol. The van der Waals surface area contributed by atoms with Gasteiger partial charge < -0.3 is 14.9 Å². The lowest BCUT2D eigenvalue weighted by Crippen LogP contribution is -1.98. The molecule has 0 radical (unpaired) electrons. The van der Waals surface area contributed by atoms with Gasteiger partial charge in [-0.25, -0.2) is 0 Å². The zero-order valence-electron chi connectivity index (χ0n) is 14.1. The lowest BCUT2D eigenvalue weighted by atomic mass is 9.98. The van der Waals surface area contributed by atoms with E-state index < -0.39 is 0 Å². The summed E-state index contributed by atoms with van der Waals surface area (Å²) in [6.45, 7) is 0.189. The van der Waals surface area contributed by atoms with Crippen LogP contribution in [0.15, 0.2) is 72.8 Å². The summed E-state index contributed by atoms with van der Waals surface area (Å²) in [5.74, 6) is 0.603. The van der Waals surface area contributed by atoms with Gasteiger partial charge in [-0.05, 0) is 47.0 Å². The highest BCUT2D eigenvalue weighted by Gasteiger charge is 2.15. The van der Waals surface area contributed by atoms with Crippen LogP contribution < -0.4 is 4.74 Å². The molecule has 3 nitrogen and oxygen atoms in total. The molecule has 3 aromatic carbocycles. The van der Waals surface area contributed by atoms with E-state index in [1.165, 1.54) is 0 Å². The molecule has 0 fully saturated rings. The van der Waals surface area contributed by atoms with Crippen LogP contribution in [0.2, 0.25) is 5.02 Å². The summed E-state index contributed by atoms with van der Waals surface area (Å²) in [5.41, 5.74) is 2.93. The van der Waals surface area contributed by atoms with Crippen LogP contribution >= 0.6 is 11.6 Å². The van der Waals surface area contributed by atoms with Gasteiger partial charge in [0.2, 0.25) is 0 Å². The fraction of sp³-hybridized carbons (Fsp3) is 0.0909. The molecule has 0 aliphatic heterocycles. The van der Waals surface area contributed by atoms with Crippen molar-refractivity contribution < 1.29 is 14.9 Å². The van der Waals surface area contributed by atoms with Crippen LogP contribution in [0.1, 0.15) is 11.1 Å². The van der Waals surface area contributed by atoms with Crippen molar-refractivity contribution in [3.05, 3.63) is 89.0 Å². The van der Waals surface area contributed by atoms with Crippen molar-refractivity contribution in [2.75, 3.05) is 6.61 Å². The zero-order valence-corrected chi connectivity index (χ0v) is 14.9. The van der Waals surface area contributed by atoms with Crippen molar-refractivity contribution in [2.24, 2.45) is 0 Å². The largest absolute Gasteiger partial charge is 0.507 e. The van der Waals surface area contributed by atoms with Crippen molar-refractivity contribution >= 4 is 17.7 Å². The summed E-state index contributed by atoms with van der Waals surface area (Å²) < 4.78 is 5.86. The Hall–Kier alpha value is -2.75. The van der Waals surface area contributed by atoms with Gasteiger partial charge in [-0.15, -0.1) is 0 Å². The number of hydrogen-bond donors (Lipinski definition) is 2. The molecule has 2 N–H and O–H groups in total. The third-order valence-corrected chi connectivity index (χ3v) is 4.20. The highest BCUT2D eigenvalue weighted by Crippen LogP contribution is 2.40. The number of aliphatic hydroxyl groups excluding tert-OH is 1. The van der Waals surface area contributed by atoms with Crippen molar-refractivity contribution in [2.45, 2.75) is 6.61 Å². The fourth-order valence-corrected chi connectivity index (χ4v) is 2.89. The maximum absolute atomic E-state index is 10.4. The van der Waals surface area contributed by atoms with Gasteiger partial charge in [0.1, 0.15) is 18.1 Å². The Bertz CT molecular complexity index is 905. The third kappa shape index (κ3) is 4.26. The lowest BCUT2D eigenvalue weighted by Gasteiger charge is -2.15. The van der Waals surface area contributed by atoms with Crippen molar-refractivity contribution in [1.29, 1.82) is 0 Å². The second kappa shape index (κ2) is 8.56. The van der Waals surface area contributed by atoms with E-state index in [0.29, 0.717) is 34.1 Å². The molecule has 0 aliphatic rings. The molecule has 4 heteroatoms. The first-order valence-corrected chi connectivity index (χ1v) is 8.63. The van der Waals surface area contributed by atoms with Gasteiger partial charge in [-0.3, -0.25) is 0 Å². The number of rotatable bonds is 6. The number of benzene rings is 3. The topological polar surface area (TPSA) is 49.7 Å². The van der Waals surface area contributed by atoms with Crippen molar-refractivity contribution in [3.8, 4) is 22.6 Å². The summed E-state index contributed by atoms with van der Waals surface area (Å²) in [7, 11) is 0. The Labute approximate surface area is 157 Å². The Morgan fingerprint density at radius 3 is 2.54 bits per heavy atom. The number of aromatic hydroxyl groups is 1. The van der Waals surface area contributed by atoms with Crippen LogP contribution in [-0.4, -0.2) is 16.8 Å². The minimum atomic E-state index is -0.159. The smallest absolute Gasteiger partial charge is 0.131 e. The Morgan fingerprint density at radius 2 is 1.77 bits per heavy atom. The van der Waals surface area contributed by atoms with E-state index in [2.05, 4.69) is 0 Å². The van der Waals surface area contributed by atoms with Crippen molar-refractivity contribution in [1.82, 2.24) is 0 Å². The SMILES string of the molecule is OCc1ccc(Cl)cc1-c1c(O)cccc1OCC=Cc1ccccc1. The second-order valence-corrected chi connectivity index (χ2v) is 6.17. The van der Waals surface area contributed by atoms with Crippen LogP contribution in [0.25, 0.3) is 17.2 Å². The number of halogens is 1. The first-order valence-electron chi connectivity index (χ1n) is 8.25. The van der Waals surface area contributed by atoms with Gasteiger partial charge in [-0.2, -0.15) is 0 Å². The van der Waals surface area contributed by atoms with Crippen LogP contribution in [0.4, 0.5) is 0 Å². The van der Waals surface area contributed by atoms with E-state index >= 15 is 0 Å². The Morgan fingerprint density at radius 1 is 0.962 bits per heavy atom. The number of aliphatic hydroxyl groups is 1. The maximum Gasteiger partial charge on any atom is 0.131 e. The lowest BCUT2D eigenvalue weighted by molar-refractivity contribution is 0.282. The molecule has 0 amide bonds. The molecular formula is C22H19ClO3. The molecular weight excluding hydrogens is 348 g/mol. The molecule has 132 valence electrons. The summed E-state index contributed by atoms with van der Waals surface area (Å²) in [5, 5.41) is 20.5. The van der Waals surface area contributed by atoms with E-state index in [9.17, 15) is 10.2 Å². The van der Waals surface area contributed by atoms with E-state index in [-0.39, 0.29) is 12.4 Å². The minimum absolute atomic E-state index is 0.0755. The van der Waals surface area contributed by atoms with E-state index in [1.54, 1.807) is 36.4 Å². The highest BCUT2D eigenvalue weighted by atomic mass is 35.5. The summed E-state index contributed by atoms with van der Waals surface area (Å²) in [6, 6.07) is 20.2. The molecule has 26 heavy (non-hydrogen) atoms. The monoisotopic (exact) mass is 366 g/mol. The van der Waals surface area contributed by atoms with Gasteiger partial charge >= 0.3 is 0 Å². The van der Waals surface area contributed by atoms with Gasteiger partial charge in [0.15, 0.2) is 0 Å². The van der Waals surface area contributed by atoms with E-state index in [1.807, 2.05) is 42.5 Å². The predicted octanol–water partition coefficient (Wildman–Crippen LogP) is 5.30. The first-order chi connectivity index (χ1) is 12.7. The van der Waals surface area contributed by atoms with Gasteiger partial charge in [0.05, 0.1) is 12.2 Å². The Kier molecular flexibility index (Phi) is 5.95. The number of phenolic OH excluding ortho intramolecular Hbond substituents is 1. The first kappa shape index (κ1) is 18.1. The Balaban J connectivity index is 1.87. The van der Waals surface area contributed by atoms with Gasteiger partial charge in [-0.1, -0.05) is 60.1 Å². The third-order valence-electron chi connectivity index (χ3n) is 3.96. The molecule has 0 aliphatic carbocycles. The molecule has 3 rings (SSSR count). The average molecular weight is 367 g/mol. The van der Waals surface area contributed by atoms with Crippen LogP contribution in [-0.2, 0) is 6.61 Å². The molecule has 0 unspecified atom stereocenters. The summed E-state index contributed by atoms with van der Waals surface area (Å²) in [4.78, 5) is 0. The number of phenols is 1. The molecule has 0 atom stereocenters. The molecule has 0 saturated heterocycles. The van der Waals surface area contributed by atoms with E-state index in [0.717, 1.165) is 5.56 Å².